The summed E-state index contributed by atoms with van der Waals surface area (Å²) in [7, 11) is 0. The number of esters is 1. The van der Waals surface area contributed by atoms with Gasteiger partial charge in [-0.1, -0.05) is 36.7 Å². The minimum atomic E-state index is -0.362. The van der Waals surface area contributed by atoms with Gasteiger partial charge in [0.2, 0.25) is 0 Å². The van der Waals surface area contributed by atoms with Crippen molar-refractivity contribution in [1.82, 2.24) is 0 Å². The SMILES string of the molecule is CCOC(=O)C(Nc1ccc(Br)cc1)C(C)(C)C. The summed E-state index contributed by atoms with van der Waals surface area (Å²) in [6.07, 6.45) is 0. The van der Waals surface area contributed by atoms with Gasteiger partial charge in [-0.25, -0.2) is 4.79 Å². The lowest BCUT2D eigenvalue weighted by molar-refractivity contribution is -0.146. The number of anilines is 1. The molecule has 0 spiro atoms. The van der Waals surface area contributed by atoms with Crippen LogP contribution in [0, 0.1) is 5.41 Å². The van der Waals surface area contributed by atoms with Crippen LogP contribution in [0.25, 0.3) is 0 Å². The van der Waals surface area contributed by atoms with Crippen LogP contribution in [-0.2, 0) is 9.53 Å². The third-order valence-corrected chi connectivity index (χ3v) is 3.07. The minimum absolute atomic E-state index is 0.209. The fourth-order valence-corrected chi connectivity index (χ4v) is 1.83. The number of halogens is 1. The molecule has 1 atom stereocenters. The highest BCUT2D eigenvalue weighted by atomic mass is 79.9. The van der Waals surface area contributed by atoms with Crippen LogP contribution >= 0.6 is 15.9 Å². The molecular formula is C14H20BrNO2. The standard InChI is InChI=1S/C14H20BrNO2/c1-5-18-13(17)12(14(2,3)4)16-11-8-6-10(15)7-9-11/h6-9,12,16H,5H2,1-4H3. The minimum Gasteiger partial charge on any atom is -0.464 e. The van der Waals surface area contributed by atoms with E-state index in [4.69, 9.17) is 4.74 Å². The molecule has 1 aromatic carbocycles. The predicted octanol–water partition coefficient (Wildman–Crippen LogP) is 3.84. The van der Waals surface area contributed by atoms with Crippen molar-refractivity contribution in [3.05, 3.63) is 28.7 Å². The quantitative estimate of drug-likeness (QED) is 0.858. The normalized spacial score (nSPS) is 12.9. The first-order valence-electron chi connectivity index (χ1n) is 6.03. The van der Waals surface area contributed by atoms with E-state index in [1.165, 1.54) is 0 Å². The Bertz CT molecular complexity index is 395. The molecule has 0 aliphatic heterocycles. The third-order valence-electron chi connectivity index (χ3n) is 2.54. The molecule has 0 heterocycles. The second-order valence-electron chi connectivity index (χ2n) is 5.20. The molecule has 0 aliphatic rings. The molecule has 0 saturated carbocycles. The molecule has 4 heteroatoms. The summed E-state index contributed by atoms with van der Waals surface area (Å²) in [5.74, 6) is -0.215. The van der Waals surface area contributed by atoms with Gasteiger partial charge in [0, 0.05) is 10.2 Å². The molecule has 0 aromatic heterocycles. The van der Waals surface area contributed by atoms with E-state index in [0.29, 0.717) is 6.61 Å². The lowest BCUT2D eigenvalue weighted by Crippen LogP contribution is -2.42. The van der Waals surface area contributed by atoms with Gasteiger partial charge >= 0.3 is 5.97 Å². The van der Waals surface area contributed by atoms with E-state index in [2.05, 4.69) is 21.2 Å². The van der Waals surface area contributed by atoms with E-state index in [1.807, 2.05) is 52.0 Å². The summed E-state index contributed by atoms with van der Waals surface area (Å²) >= 11 is 3.39. The molecule has 0 bridgehead atoms. The molecule has 3 nitrogen and oxygen atoms in total. The van der Waals surface area contributed by atoms with Crippen molar-refractivity contribution in [2.75, 3.05) is 11.9 Å². The van der Waals surface area contributed by atoms with Crippen molar-refractivity contribution in [2.24, 2.45) is 5.41 Å². The van der Waals surface area contributed by atoms with Crippen LogP contribution in [0.2, 0.25) is 0 Å². The molecule has 1 rings (SSSR count). The van der Waals surface area contributed by atoms with Crippen LogP contribution in [0.5, 0.6) is 0 Å². The zero-order valence-electron chi connectivity index (χ0n) is 11.3. The fraction of sp³-hybridized carbons (Fsp3) is 0.500. The van der Waals surface area contributed by atoms with Crippen molar-refractivity contribution in [3.8, 4) is 0 Å². The molecule has 0 aliphatic carbocycles. The smallest absolute Gasteiger partial charge is 0.329 e. The number of hydrogen-bond acceptors (Lipinski definition) is 3. The van der Waals surface area contributed by atoms with Crippen molar-refractivity contribution in [3.63, 3.8) is 0 Å². The Morgan fingerprint density at radius 3 is 2.33 bits per heavy atom. The van der Waals surface area contributed by atoms with Crippen LogP contribution < -0.4 is 5.32 Å². The van der Waals surface area contributed by atoms with Gasteiger partial charge in [-0.3, -0.25) is 0 Å². The van der Waals surface area contributed by atoms with Gasteiger partial charge in [-0.15, -0.1) is 0 Å². The Kier molecular flexibility index (Phi) is 5.20. The topological polar surface area (TPSA) is 38.3 Å². The Balaban J connectivity index is 2.85. The molecule has 0 saturated heterocycles. The maximum Gasteiger partial charge on any atom is 0.329 e. The predicted molar refractivity (Wildman–Crippen MR) is 77.6 cm³/mol. The van der Waals surface area contributed by atoms with E-state index < -0.39 is 0 Å². The number of rotatable bonds is 4. The van der Waals surface area contributed by atoms with Gasteiger partial charge < -0.3 is 10.1 Å². The number of nitrogens with one attached hydrogen (secondary N) is 1. The lowest BCUT2D eigenvalue weighted by atomic mass is 9.86. The number of carbonyl (C=O) groups is 1. The van der Waals surface area contributed by atoms with Crippen LogP contribution in [0.3, 0.4) is 0 Å². The van der Waals surface area contributed by atoms with Gasteiger partial charge in [0.15, 0.2) is 0 Å². The van der Waals surface area contributed by atoms with Gasteiger partial charge in [0.1, 0.15) is 6.04 Å². The molecule has 18 heavy (non-hydrogen) atoms. The van der Waals surface area contributed by atoms with Crippen molar-refractivity contribution in [1.29, 1.82) is 0 Å². The maximum atomic E-state index is 12.0. The molecule has 1 unspecified atom stereocenters. The van der Waals surface area contributed by atoms with Gasteiger partial charge in [0.25, 0.3) is 0 Å². The molecule has 1 N–H and O–H groups in total. The second kappa shape index (κ2) is 6.23. The average molecular weight is 314 g/mol. The number of ether oxygens (including phenoxy) is 1. The highest BCUT2D eigenvalue weighted by Crippen LogP contribution is 2.25. The molecule has 100 valence electrons. The van der Waals surface area contributed by atoms with Gasteiger partial charge in [-0.2, -0.15) is 0 Å². The Morgan fingerprint density at radius 2 is 1.89 bits per heavy atom. The Hall–Kier alpha value is -1.03. The van der Waals surface area contributed by atoms with E-state index in [-0.39, 0.29) is 17.4 Å². The third kappa shape index (κ3) is 4.33. The van der Waals surface area contributed by atoms with E-state index in [1.54, 1.807) is 0 Å². The first kappa shape index (κ1) is 15.0. The van der Waals surface area contributed by atoms with E-state index >= 15 is 0 Å². The summed E-state index contributed by atoms with van der Waals surface area (Å²) in [4.78, 5) is 12.0. The van der Waals surface area contributed by atoms with Crippen molar-refractivity contribution >= 4 is 27.6 Å². The van der Waals surface area contributed by atoms with Crippen LogP contribution in [0.4, 0.5) is 5.69 Å². The number of benzene rings is 1. The monoisotopic (exact) mass is 313 g/mol. The zero-order valence-corrected chi connectivity index (χ0v) is 12.9. The van der Waals surface area contributed by atoms with Crippen molar-refractivity contribution in [2.45, 2.75) is 33.7 Å². The Morgan fingerprint density at radius 1 is 1.33 bits per heavy atom. The summed E-state index contributed by atoms with van der Waals surface area (Å²) in [5.41, 5.74) is 0.699. The molecule has 0 amide bonds. The first-order valence-corrected chi connectivity index (χ1v) is 6.82. The largest absolute Gasteiger partial charge is 0.464 e. The summed E-state index contributed by atoms with van der Waals surface area (Å²) < 4.78 is 6.13. The second-order valence-corrected chi connectivity index (χ2v) is 6.12. The first-order chi connectivity index (χ1) is 8.34. The highest BCUT2D eigenvalue weighted by molar-refractivity contribution is 9.10. The summed E-state index contributed by atoms with van der Waals surface area (Å²) in [6.45, 7) is 8.26. The highest BCUT2D eigenvalue weighted by Gasteiger charge is 2.32. The molecular weight excluding hydrogens is 294 g/mol. The van der Waals surface area contributed by atoms with E-state index in [0.717, 1.165) is 10.2 Å². The van der Waals surface area contributed by atoms with Crippen LogP contribution in [-0.4, -0.2) is 18.6 Å². The Labute approximate surface area is 117 Å². The molecule has 1 aromatic rings. The van der Waals surface area contributed by atoms with E-state index in [9.17, 15) is 4.79 Å². The maximum absolute atomic E-state index is 12.0. The lowest BCUT2D eigenvalue weighted by Gasteiger charge is -2.30. The van der Waals surface area contributed by atoms with Crippen LogP contribution in [0.1, 0.15) is 27.7 Å². The van der Waals surface area contributed by atoms with Gasteiger partial charge in [-0.05, 0) is 36.6 Å². The summed E-state index contributed by atoms with van der Waals surface area (Å²) in [6, 6.07) is 7.38. The summed E-state index contributed by atoms with van der Waals surface area (Å²) in [5, 5.41) is 3.24. The van der Waals surface area contributed by atoms with Gasteiger partial charge in [0.05, 0.1) is 6.61 Å². The number of hydrogen-bond donors (Lipinski definition) is 1. The fourth-order valence-electron chi connectivity index (χ4n) is 1.57. The van der Waals surface area contributed by atoms with Crippen molar-refractivity contribution < 1.29 is 9.53 Å². The average Bonchev–Trinajstić information content (AvgIpc) is 2.26. The molecule has 0 radical (unpaired) electrons. The number of carbonyl (C=O) groups excluding carboxylic acids is 1. The zero-order chi connectivity index (χ0) is 13.8. The molecule has 0 fully saturated rings. The van der Waals surface area contributed by atoms with Crippen LogP contribution in [0.15, 0.2) is 28.7 Å².